The molecule has 2 heteroatoms. The highest BCUT2D eigenvalue weighted by Gasteiger charge is 1.98. The standard InChI is InChI=1S/C11H15ClO/c1-2-9-6-10(4-3-5-13)8-11(12)7-9/h6-8,13H,2-5H2,1H3. The maximum atomic E-state index is 8.69. The molecule has 0 spiro atoms. The number of rotatable bonds is 4. The van der Waals surface area contributed by atoms with E-state index in [9.17, 15) is 0 Å². The maximum Gasteiger partial charge on any atom is 0.0434 e. The van der Waals surface area contributed by atoms with E-state index in [4.69, 9.17) is 16.7 Å². The highest BCUT2D eigenvalue weighted by atomic mass is 35.5. The lowest BCUT2D eigenvalue weighted by molar-refractivity contribution is 0.288. The van der Waals surface area contributed by atoms with Crippen LogP contribution in [0, 0.1) is 0 Å². The van der Waals surface area contributed by atoms with E-state index in [1.165, 1.54) is 11.1 Å². The third-order valence-corrected chi connectivity index (χ3v) is 2.27. The first-order chi connectivity index (χ1) is 6.26. The van der Waals surface area contributed by atoms with E-state index in [1.807, 2.05) is 12.1 Å². The minimum absolute atomic E-state index is 0.244. The molecule has 0 fully saturated rings. The molecule has 0 aliphatic rings. The number of hydrogen-bond donors (Lipinski definition) is 1. The predicted molar refractivity (Wildman–Crippen MR) is 56.2 cm³/mol. The molecule has 0 atom stereocenters. The van der Waals surface area contributed by atoms with Crippen LogP contribution in [0.25, 0.3) is 0 Å². The number of aliphatic hydroxyl groups excluding tert-OH is 1. The lowest BCUT2D eigenvalue weighted by atomic mass is 10.1. The Kier molecular flexibility index (Phi) is 4.26. The monoisotopic (exact) mass is 198 g/mol. The van der Waals surface area contributed by atoms with Gasteiger partial charge in [0.25, 0.3) is 0 Å². The molecular formula is C11H15ClO. The molecule has 1 rings (SSSR count). The first-order valence-corrected chi connectivity index (χ1v) is 5.03. The number of aliphatic hydroxyl groups is 1. The van der Waals surface area contributed by atoms with Crippen LogP contribution in [-0.4, -0.2) is 11.7 Å². The summed E-state index contributed by atoms with van der Waals surface area (Å²) in [7, 11) is 0. The van der Waals surface area contributed by atoms with Crippen molar-refractivity contribution in [2.75, 3.05) is 6.61 Å². The summed E-state index contributed by atoms with van der Waals surface area (Å²) in [5.74, 6) is 0. The first-order valence-electron chi connectivity index (χ1n) is 4.65. The summed E-state index contributed by atoms with van der Waals surface area (Å²) in [5.41, 5.74) is 2.49. The molecule has 0 aliphatic carbocycles. The summed E-state index contributed by atoms with van der Waals surface area (Å²) in [6.07, 6.45) is 2.72. The molecule has 1 aromatic rings. The van der Waals surface area contributed by atoms with Crippen LogP contribution >= 0.6 is 11.6 Å². The van der Waals surface area contributed by atoms with Crippen LogP contribution in [0.4, 0.5) is 0 Å². The van der Waals surface area contributed by atoms with Gasteiger partial charge in [-0.2, -0.15) is 0 Å². The van der Waals surface area contributed by atoms with Crippen molar-refractivity contribution in [1.82, 2.24) is 0 Å². The van der Waals surface area contributed by atoms with Crippen LogP contribution in [0.1, 0.15) is 24.5 Å². The van der Waals surface area contributed by atoms with Crippen molar-refractivity contribution < 1.29 is 5.11 Å². The Morgan fingerprint density at radius 2 is 1.92 bits per heavy atom. The molecule has 1 nitrogen and oxygen atoms in total. The largest absolute Gasteiger partial charge is 0.396 e. The molecule has 0 heterocycles. The molecule has 0 unspecified atom stereocenters. The maximum absolute atomic E-state index is 8.69. The highest BCUT2D eigenvalue weighted by Crippen LogP contribution is 2.16. The lowest BCUT2D eigenvalue weighted by Crippen LogP contribution is -1.91. The normalized spacial score (nSPS) is 10.4. The quantitative estimate of drug-likeness (QED) is 0.789. The highest BCUT2D eigenvalue weighted by molar-refractivity contribution is 6.30. The summed E-state index contributed by atoms with van der Waals surface area (Å²) < 4.78 is 0. The fourth-order valence-corrected chi connectivity index (χ4v) is 1.63. The molecule has 0 bridgehead atoms. The molecule has 1 N–H and O–H groups in total. The Bertz CT molecular complexity index is 271. The van der Waals surface area contributed by atoms with Crippen LogP contribution in [0.5, 0.6) is 0 Å². The zero-order chi connectivity index (χ0) is 9.68. The van der Waals surface area contributed by atoms with Gasteiger partial charge in [0.2, 0.25) is 0 Å². The SMILES string of the molecule is CCc1cc(Cl)cc(CCCO)c1. The van der Waals surface area contributed by atoms with E-state index in [-0.39, 0.29) is 6.61 Å². The number of hydrogen-bond acceptors (Lipinski definition) is 1. The second kappa shape index (κ2) is 5.25. The Labute approximate surface area is 84.4 Å². The Morgan fingerprint density at radius 3 is 2.54 bits per heavy atom. The fourth-order valence-electron chi connectivity index (χ4n) is 1.35. The van der Waals surface area contributed by atoms with Gasteiger partial charge in [0.1, 0.15) is 0 Å². The number of halogens is 1. The average Bonchev–Trinajstić information content (AvgIpc) is 2.14. The van der Waals surface area contributed by atoms with Gasteiger partial charge in [-0.3, -0.25) is 0 Å². The van der Waals surface area contributed by atoms with Gasteiger partial charge >= 0.3 is 0 Å². The van der Waals surface area contributed by atoms with Crippen LogP contribution in [0.15, 0.2) is 18.2 Å². The van der Waals surface area contributed by atoms with Crippen molar-refractivity contribution in [2.24, 2.45) is 0 Å². The molecule has 1 aromatic carbocycles. The molecule has 0 saturated heterocycles. The average molecular weight is 199 g/mol. The molecule has 0 amide bonds. The van der Waals surface area contributed by atoms with E-state index >= 15 is 0 Å². The summed E-state index contributed by atoms with van der Waals surface area (Å²) in [6, 6.07) is 6.11. The smallest absolute Gasteiger partial charge is 0.0434 e. The zero-order valence-corrected chi connectivity index (χ0v) is 8.64. The van der Waals surface area contributed by atoms with Gasteiger partial charge in [-0.25, -0.2) is 0 Å². The zero-order valence-electron chi connectivity index (χ0n) is 7.89. The fraction of sp³-hybridized carbons (Fsp3) is 0.455. The minimum Gasteiger partial charge on any atom is -0.396 e. The topological polar surface area (TPSA) is 20.2 Å². The van der Waals surface area contributed by atoms with Crippen molar-refractivity contribution in [2.45, 2.75) is 26.2 Å². The minimum atomic E-state index is 0.244. The van der Waals surface area contributed by atoms with Crippen molar-refractivity contribution in [3.8, 4) is 0 Å². The lowest BCUT2D eigenvalue weighted by Gasteiger charge is -2.04. The van der Waals surface area contributed by atoms with Crippen LogP contribution in [-0.2, 0) is 12.8 Å². The molecule has 0 aliphatic heterocycles. The van der Waals surface area contributed by atoms with E-state index in [2.05, 4.69) is 13.0 Å². The van der Waals surface area contributed by atoms with Crippen LogP contribution in [0.2, 0.25) is 5.02 Å². The van der Waals surface area contributed by atoms with Crippen LogP contribution in [0.3, 0.4) is 0 Å². The van der Waals surface area contributed by atoms with Crippen molar-refractivity contribution in [3.63, 3.8) is 0 Å². The van der Waals surface area contributed by atoms with Gasteiger partial charge in [-0.15, -0.1) is 0 Å². The Hall–Kier alpha value is -0.530. The molecule has 0 aromatic heterocycles. The van der Waals surface area contributed by atoms with E-state index < -0.39 is 0 Å². The van der Waals surface area contributed by atoms with Gasteiger partial charge in [-0.1, -0.05) is 24.6 Å². The second-order valence-electron chi connectivity index (χ2n) is 3.15. The van der Waals surface area contributed by atoms with Crippen molar-refractivity contribution >= 4 is 11.6 Å². The molecule has 13 heavy (non-hydrogen) atoms. The number of aryl methyl sites for hydroxylation is 2. The predicted octanol–water partition coefficient (Wildman–Crippen LogP) is 2.83. The van der Waals surface area contributed by atoms with Crippen LogP contribution < -0.4 is 0 Å². The molecule has 0 radical (unpaired) electrons. The summed E-state index contributed by atoms with van der Waals surface area (Å²) in [6.45, 7) is 2.36. The molecule has 72 valence electrons. The van der Waals surface area contributed by atoms with E-state index in [0.717, 1.165) is 24.3 Å². The Morgan fingerprint density at radius 1 is 1.23 bits per heavy atom. The van der Waals surface area contributed by atoms with Crippen molar-refractivity contribution in [3.05, 3.63) is 34.3 Å². The number of benzene rings is 1. The van der Waals surface area contributed by atoms with Gasteiger partial charge in [0, 0.05) is 11.6 Å². The Balaban J connectivity index is 2.76. The first kappa shape index (κ1) is 10.6. The third kappa shape index (κ3) is 3.37. The second-order valence-corrected chi connectivity index (χ2v) is 3.58. The van der Waals surface area contributed by atoms with Gasteiger partial charge in [0.05, 0.1) is 0 Å². The summed E-state index contributed by atoms with van der Waals surface area (Å²) in [5, 5.41) is 9.49. The van der Waals surface area contributed by atoms with Gasteiger partial charge in [0.15, 0.2) is 0 Å². The van der Waals surface area contributed by atoms with Gasteiger partial charge in [-0.05, 0) is 42.5 Å². The molecule has 0 saturated carbocycles. The van der Waals surface area contributed by atoms with Crippen molar-refractivity contribution in [1.29, 1.82) is 0 Å². The van der Waals surface area contributed by atoms with E-state index in [1.54, 1.807) is 0 Å². The summed E-state index contributed by atoms with van der Waals surface area (Å²) >= 11 is 5.95. The van der Waals surface area contributed by atoms with Gasteiger partial charge < -0.3 is 5.11 Å². The third-order valence-electron chi connectivity index (χ3n) is 2.05. The molecular weight excluding hydrogens is 184 g/mol. The van der Waals surface area contributed by atoms with E-state index in [0.29, 0.717) is 0 Å². The summed E-state index contributed by atoms with van der Waals surface area (Å²) in [4.78, 5) is 0.